The Balaban J connectivity index is 1.09. The SMILES string of the molecule is C=CC(=O)OCCCCCCOc1ccc(-c2ccc(C(=O)OC3CCC(c4ccc(OCCCCCCOC(=O)C=C)cc4)CC3)cc2)cc1. The van der Waals surface area contributed by atoms with E-state index < -0.39 is 0 Å². The maximum Gasteiger partial charge on any atom is 0.338 e. The summed E-state index contributed by atoms with van der Waals surface area (Å²) in [6.45, 7) is 8.93. The lowest BCUT2D eigenvalue weighted by atomic mass is 9.83. The molecular weight excluding hydrogens is 644 g/mol. The zero-order chi connectivity index (χ0) is 36.1. The van der Waals surface area contributed by atoms with Crippen molar-refractivity contribution in [2.75, 3.05) is 26.4 Å². The lowest BCUT2D eigenvalue weighted by Gasteiger charge is -2.28. The summed E-state index contributed by atoms with van der Waals surface area (Å²) in [6, 6.07) is 23.9. The van der Waals surface area contributed by atoms with Gasteiger partial charge in [-0.25, -0.2) is 14.4 Å². The average molecular weight is 697 g/mol. The van der Waals surface area contributed by atoms with E-state index in [4.69, 9.17) is 23.7 Å². The van der Waals surface area contributed by atoms with E-state index in [1.165, 1.54) is 17.7 Å². The number of carbonyl (C=O) groups is 3. The highest BCUT2D eigenvalue weighted by Crippen LogP contribution is 2.35. The molecule has 0 aliphatic heterocycles. The second-order valence-electron chi connectivity index (χ2n) is 12.8. The molecule has 3 aromatic rings. The van der Waals surface area contributed by atoms with Gasteiger partial charge in [-0.1, -0.05) is 49.6 Å². The molecule has 272 valence electrons. The Bertz CT molecular complexity index is 1500. The van der Waals surface area contributed by atoms with E-state index in [-0.39, 0.29) is 24.0 Å². The molecule has 0 aromatic heterocycles. The molecule has 4 rings (SSSR count). The van der Waals surface area contributed by atoms with Gasteiger partial charge in [0.25, 0.3) is 0 Å². The fourth-order valence-electron chi connectivity index (χ4n) is 6.07. The first-order valence-corrected chi connectivity index (χ1v) is 18.3. The molecule has 0 unspecified atom stereocenters. The number of ether oxygens (including phenoxy) is 5. The zero-order valence-electron chi connectivity index (χ0n) is 29.7. The topological polar surface area (TPSA) is 97.4 Å². The van der Waals surface area contributed by atoms with Gasteiger partial charge in [0.1, 0.15) is 17.6 Å². The van der Waals surface area contributed by atoms with Crippen molar-refractivity contribution in [1.29, 1.82) is 0 Å². The van der Waals surface area contributed by atoms with Crippen molar-refractivity contribution in [1.82, 2.24) is 0 Å². The van der Waals surface area contributed by atoms with Gasteiger partial charge in [-0.05, 0) is 136 Å². The quantitative estimate of drug-likeness (QED) is 0.0444. The summed E-state index contributed by atoms with van der Waals surface area (Å²) in [5.74, 6) is 1.13. The fourth-order valence-corrected chi connectivity index (χ4v) is 6.07. The molecule has 0 atom stereocenters. The third-order valence-electron chi connectivity index (χ3n) is 9.04. The molecule has 0 heterocycles. The molecule has 0 bridgehead atoms. The molecule has 0 spiro atoms. The molecule has 1 saturated carbocycles. The van der Waals surface area contributed by atoms with Gasteiger partial charge in [-0.2, -0.15) is 0 Å². The zero-order valence-corrected chi connectivity index (χ0v) is 29.7. The standard InChI is InChI=1S/C43H52O8/c1-3-41(44)49-31-11-7-5-9-29-47-38-23-17-34(18-24-38)33-13-15-37(16-14-33)43(46)51-40-27-21-36(22-28-40)35-19-25-39(26-20-35)48-30-10-6-8-12-32-50-42(45)4-2/h3-4,13-20,23-26,36,40H,1-2,5-12,21-22,27-32H2. The van der Waals surface area contributed by atoms with Crippen LogP contribution in [0, 0.1) is 0 Å². The van der Waals surface area contributed by atoms with E-state index >= 15 is 0 Å². The van der Waals surface area contributed by atoms with Gasteiger partial charge in [0, 0.05) is 12.2 Å². The fraction of sp³-hybridized carbons (Fsp3) is 0.419. The van der Waals surface area contributed by atoms with Crippen LogP contribution in [0.5, 0.6) is 11.5 Å². The van der Waals surface area contributed by atoms with E-state index in [0.717, 1.165) is 99.7 Å². The Morgan fingerprint density at radius 2 is 0.980 bits per heavy atom. The van der Waals surface area contributed by atoms with Crippen LogP contribution < -0.4 is 9.47 Å². The molecule has 1 aliphatic rings. The van der Waals surface area contributed by atoms with Gasteiger partial charge < -0.3 is 23.7 Å². The smallest absolute Gasteiger partial charge is 0.338 e. The highest BCUT2D eigenvalue weighted by molar-refractivity contribution is 5.90. The Hall–Kier alpha value is -4.85. The molecule has 0 N–H and O–H groups in total. The minimum atomic E-state index is -0.375. The Morgan fingerprint density at radius 1 is 0.549 bits per heavy atom. The summed E-state index contributed by atoms with van der Waals surface area (Å²) in [5.41, 5.74) is 3.93. The third-order valence-corrected chi connectivity index (χ3v) is 9.04. The molecule has 3 aromatic carbocycles. The van der Waals surface area contributed by atoms with Crippen LogP contribution in [0.4, 0.5) is 0 Å². The van der Waals surface area contributed by atoms with Crippen LogP contribution in [0.1, 0.15) is 98.9 Å². The number of carbonyl (C=O) groups excluding carboxylic acids is 3. The Kier molecular flexibility index (Phi) is 16.9. The van der Waals surface area contributed by atoms with Crippen molar-refractivity contribution >= 4 is 17.9 Å². The van der Waals surface area contributed by atoms with Gasteiger partial charge in [0.15, 0.2) is 0 Å². The Morgan fingerprint density at radius 3 is 1.45 bits per heavy atom. The van der Waals surface area contributed by atoms with Crippen molar-refractivity contribution in [3.63, 3.8) is 0 Å². The number of hydrogen-bond donors (Lipinski definition) is 0. The number of rotatable bonds is 22. The number of benzene rings is 3. The summed E-state index contributed by atoms with van der Waals surface area (Å²) in [6.07, 6.45) is 13.5. The summed E-state index contributed by atoms with van der Waals surface area (Å²) >= 11 is 0. The van der Waals surface area contributed by atoms with Crippen LogP contribution in [0.25, 0.3) is 11.1 Å². The van der Waals surface area contributed by atoms with Gasteiger partial charge in [0.2, 0.25) is 0 Å². The molecule has 0 amide bonds. The molecule has 8 heteroatoms. The van der Waals surface area contributed by atoms with Gasteiger partial charge in [-0.15, -0.1) is 0 Å². The minimum absolute atomic E-state index is 0.0698. The third kappa shape index (κ3) is 14.1. The van der Waals surface area contributed by atoms with Gasteiger partial charge >= 0.3 is 17.9 Å². The molecular formula is C43H52O8. The monoisotopic (exact) mass is 696 g/mol. The van der Waals surface area contributed by atoms with Crippen LogP contribution in [-0.4, -0.2) is 50.4 Å². The highest BCUT2D eigenvalue weighted by Gasteiger charge is 2.25. The predicted molar refractivity (Wildman–Crippen MR) is 199 cm³/mol. The number of unbranched alkanes of at least 4 members (excludes halogenated alkanes) is 6. The second kappa shape index (κ2) is 22.1. The molecule has 8 nitrogen and oxygen atoms in total. The Labute approximate surface area is 302 Å². The lowest BCUT2D eigenvalue weighted by Crippen LogP contribution is -2.24. The van der Waals surface area contributed by atoms with Crippen LogP contribution in [-0.2, 0) is 23.8 Å². The van der Waals surface area contributed by atoms with E-state index in [1.807, 2.05) is 60.7 Å². The van der Waals surface area contributed by atoms with E-state index in [0.29, 0.717) is 37.9 Å². The average Bonchev–Trinajstić information content (AvgIpc) is 3.17. The summed E-state index contributed by atoms with van der Waals surface area (Å²) in [4.78, 5) is 35.0. The normalized spacial score (nSPS) is 15.3. The predicted octanol–water partition coefficient (Wildman–Crippen LogP) is 9.57. The minimum Gasteiger partial charge on any atom is -0.494 e. The number of hydrogen-bond acceptors (Lipinski definition) is 8. The first-order chi connectivity index (χ1) is 24.9. The van der Waals surface area contributed by atoms with Crippen LogP contribution in [0.3, 0.4) is 0 Å². The summed E-state index contributed by atoms with van der Waals surface area (Å²) in [7, 11) is 0. The maximum atomic E-state index is 12.9. The molecule has 0 radical (unpaired) electrons. The summed E-state index contributed by atoms with van der Waals surface area (Å²) < 4.78 is 27.7. The largest absolute Gasteiger partial charge is 0.494 e. The first-order valence-electron chi connectivity index (χ1n) is 18.3. The van der Waals surface area contributed by atoms with Crippen molar-refractivity contribution in [3.8, 4) is 22.6 Å². The summed E-state index contributed by atoms with van der Waals surface area (Å²) in [5, 5.41) is 0. The molecule has 51 heavy (non-hydrogen) atoms. The first kappa shape index (κ1) is 38.9. The van der Waals surface area contributed by atoms with Gasteiger partial charge in [-0.3, -0.25) is 0 Å². The van der Waals surface area contributed by atoms with Crippen molar-refractivity contribution in [2.24, 2.45) is 0 Å². The van der Waals surface area contributed by atoms with E-state index in [2.05, 4.69) is 25.3 Å². The van der Waals surface area contributed by atoms with Gasteiger partial charge in [0.05, 0.1) is 32.0 Å². The number of esters is 3. The second-order valence-corrected chi connectivity index (χ2v) is 12.8. The van der Waals surface area contributed by atoms with Crippen LogP contribution in [0.15, 0.2) is 98.1 Å². The van der Waals surface area contributed by atoms with Crippen molar-refractivity contribution in [2.45, 2.75) is 89.1 Å². The lowest BCUT2D eigenvalue weighted by molar-refractivity contribution is -0.138. The van der Waals surface area contributed by atoms with Crippen molar-refractivity contribution < 1.29 is 38.1 Å². The molecule has 1 fully saturated rings. The van der Waals surface area contributed by atoms with Crippen LogP contribution >= 0.6 is 0 Å². The van der Waals surface area contributed by atoms with E-state index in [9.17, 15) is 14.4 Å². The van der Waals surface area contributed by atoms with Crippen molar-refractivity contribution in [3.05, 3.63) is 109 Å². The van der Waals surface area contributed by atoms with E-state index in [1.54, 1.807) is 0 Å². The maximum absolute atomic E-state index is 12.9. The molecule has 1 aliphatic carbocycles. The molecule has 0 saturated heterocycles. The van der Waals surface area contributed by atoms with Crippen LogP contribution in [0.2, 0.25) is 0 Å². The highest BCUT2D eigenvalue weighted by atomic mass is 16.5.